The molecule has 1 aliphatic rings. The number of hydrogen-bond acceptors (Lipinski definition) is 4. The van der Waals surface area contributed by atoms with Crippen molar-refractivity contribution in [1.82, 2.24) is 10.2 Å². The molecule has 2 N–H and O–H groups in total. The smallest absolute Gasteiger partial charge is 0.374 e. The molecule has 0 aliphatic heterocycles. The Balaban J connectivity index is 2.03. The van der Waals surface area contributed by atoms with Crippen LogP contribution in [0.5, 0.6) is 0 Å². The standard InChI is InChI=1S/C15H26N4O2/c1-2-3-4-8-11-13-14(15(18-17-13)19(20)21)16-12-9-6-5-7-10-12/h12,16H,2-11H2,1H3,(H,17,18). The van der Waals surface area contributed by atoms with Crippen LogP contribution in [0.3, 0.4) is 0 Å². The van der Waals surface area contributed by atoms with Crippen LogP contribution in [0.1, 0.15) is 70.4 Å². The van der Waals surface area contributed by atoms with E-state index in [1.165, 1.54) is 32.1 Å². The van der Waals surface area contributed by atoms with E-state index in [4.69, 9.17) is 0 Å². The molecule has 0 aromatic carbocycles. The van der Waals surface area contributed by atoms with Crippen molar-refractivity contribution in [2.24, 2.45) is 0 Å². The lowest BCUT2D eigenvalue weighted by Crippen LogP contribution is -2.23. The summed E-state index contributed by atoms with van der Waals surface area (Å²) in [5.41, 5.74) is 1.52. The molecule has 21 heavy (non-hydrogen) atoms. The van der Waals surface area contributed by atoms with E-state index in [0.717, 1.165) is 37.8 Å². The second-order valence-electron chi connectivity index (χ2n) is 5.95. The molecule has 6 nitrogen and oxygen atoms in total. The van der Waals surface area contributed by atoms with Crippen LogP contribution in [-0.2, 0) is 6.42 Å². The fraction of sp³-hybridized carbons (Fsp3) is 0.800. The largest absolute Gasteiger partial charge is 0.413 e. The molecule has 6 heteroatoms. The van der Waals surface area contributed by atoms with Gasteiger partial charge in [-0.05, 0) is 30.6 Å². The minimum atomic E-state index is -0.392. The third kappa shape index (κ3) is 4.44. The zero-order chi connectivity index (χ0) is 15.1. The first-order valence-electron chi connectivity index (χ1n) is 8.20. The molecule has 0 radical (unpaired) electrons. The van der Waals surface area contributed by atoms with Crippen molar-refractivity contribution in [3.63, 3.8) is 0 Å². The molecule has 1 aromatic heterocycles. The van der Waals surface area contributed by atoms with Crippen molar-refractivity contribution in [2.75, 3.05) is 5.32 Å². The van der Waals surface area contributed by atoms with Gasteiger partial charge in [-0.25, -0.2) is 0 Å². The molecule has 0 spiro atoms. The summed E-state index contributed by atoms with van der Waals surface area (Å²) in [5, 5.41) is 21.3. The van der Waals surface area contributed by atoms with Gasteiger partial charge >= 0.3 is 5.82 Å². The number of hydrogen-bond donors (Lipinski definition) is 2. The van der Waals surface area contributed by atoms with Gasteiger partial charge < -0.3 is 15.4 Å². The Morgan fingerprint density at radius 1 is 1.29 bits per heavy atom. The maximum absolute atomic E-state index is 11.1. The molecular weight excluding hydrogens is 268 g/mol. The molecule has 0 amide bonds. The van der Waals surface area contributed by atoms with Gasteiger partial charge in [0.1, 0.15) is 0 Å². The van der Waals surface area contributed by atoms with E-state index < -0.39 is 4.92 Å². The summed E-state index contributed by atoms with van der Waals surface area (Å²) in [6.07, 6.45) is 11.3. The normalized spacial score (nSPS) is 16.0. The Bertz CT molecular complexity index is 453. The highest BCUT2D eigenvalue weighted by Crippen LogP contribution is 2.30. The van der Waals surface area contributed by atoms with Crippen LogP contribution in [-0.4, -0.2) is 21.2 Å². The maximum atomic E-state index is 11.1. The van der Waals surface area contributed by atoms with E-state index in [1.807, 2.05) is 0 Å². The van der Waals surface area contributed by atoms with Gasteiger partial charge in [-0.3, -0.25) is 0 Å². The van der Waals surface area contributed by atoms with Crippen molar-refractivity contribution < 1.29 is 4.92 Å². The van der Waals surface area contributed by atoms with Crippen molar-refractivity contribution in [3.05, 3.63) is 15.8 Å². The third-order valence-electron chi connectivity index (χ3n) is 4.23. The zero-order valence-electron chi connectivity index (χ0n) is 12.9. The number of H-pyrrole nitrogens is 1. The number of anilines is 1. The van der Waals surface area contributed by atoms with Gasteiger partial charge in [-0.15, -0.1) is 0 Å². The minimum absolute atomic E-state index is 0.0499. The van der Waals surface area contributed by atoms with E-state index in [-0.39, 0.29) is 5.82 Å². The van der Waals surface area contributed by atoms with Crippen LogP contribution >= 0.6 is 0 Å². The summed E-state index contributed by atoms with van der Waals surface area (Å²) in [6.45, 7) is 2.18. The predicted octanol–water partition coefficient (Wildman–Crippen LogP) is 4.19. The number of nitrogens with one attached hydrogen (secondary N) is 2. The number of rotatable bonds is 8. The average molecular weight is 294 g/mol. The Kier molecular flexibility index (Phi) is 6.02. The van der Waals surface area contributed by atoms with Gasteiger partial charge in [0.2, 0.25) is 0 Å². The number of nitro groups is 1. The Labute approximate surface area is 125 Å². The van der Waals surface area contributed by atoms with Gasteiger partial charge in [0, 0.05) is 6.04 Å². The zero-order valence-corrected chi connectivity index (χ0v) is 12.9. The molecule has 1 saturated carbocycles. The van der Waals surface area contributed by atoms with Gasteiger partial charge in [-0.2, -0.15) is 5.10 Å². The Morgan fingerprint density at radius 3 is 2.71 bits per heavy atom. The lowest BCUT2D eigenvalue weighted by Gasteiger charge is -2.23. The molecule has 0 saturated heterocycles. The highest BCUT2D eigenvalue weighted by Gasteiger charge is 2.26. The van der Waals surface area contributed by atoms with Crippen LogP contribution in [0.25, 0.3) is 0 Å². The first-order chi connectivity index (χ1) is 10.2. The van der Waals surface area contributed by atoms with Gasteiger partial charge in [0.15, 0.2) is 5.69 Å². The van der Waals surface area contributed by atoms with Crippen LogP contribution in [0.15, 0.2) is 0 Å². The van der Waals surface area contributed by atoms with Crippen LogP contribution in [0, 0.1) is 10.1 Å². The summed E-state index contributed by atoms with van der Waals surface area (Å²) < 4.78 is 0. The molecular formula is C15H26N4O2. The van der Waals surface area contributed by atoms with Crippen LogP contribution in [0.4, 0.5) is 11.5 Å². The first-order valence-corrected chi connectivity index (χ1v) is 8.20. The fourth-order valence-corrected chi connectivity index (χ4v) is 3.01. The molecule has 2 rings (SSSR count). The summed E-state index contributed by atoms with van der Waals surface area (Å²) >= 11 is 0. The fourth-order valence-electron chi connectivity index (χ4n) is 3.01. The predicted molar refractivity (Wildman–Crippen MR) is 83.6 cm³/mol. The van der Waals surface area contributed by atoms with E-state index in [1.54, 1.807) is 0 Å². The molecule has 0 bridgehead atoms. The number of aromatic amines is 1. The van der Waals surface area contributed by atoms with E-state index in [2.05, 4.69) is 22.4 Å². The summed E-state index contributed by atoms with van der Waals surface area (Å²) in [7, 11) is 0. The highest BCUT2D eigenvalue weighted by molar-refractivity contribution is 5.61. The van der Waals surface area contributed by atoms with Crippen LogP contribution in [0.2, 0.25) is 0 Å². The molecule has 1 fully saturated rings. The lowest BCUT2D eigenvalue weighted by atomic mass is 9.95. The molecule has 1 aliphatic carbocycles. The Morgan fingerprint density at radius 2 is 2.05 bits per heavy atom. The first kappa shape index (κ1) is 15.8. The van der Waals surface area contributed by atoms with Crippen molar-refractivity contribution in [3.8, 4) is 0 Å². The molecule has 118 valence electrons. The monoisotopic (exact) mass is 294 g/mol. The quantitative estimate of drug-likeness (QED) is 0.428. The van der Waals surface area contributed by atoms with Gasteiger partial charge in [0.05, 0.1) is 10.8 Å². The lowest BCUT2D eigenvalue weighted by molar-refractivity contribution is -0.388. The second-order valence-corrected chi connectivity index (χ2v) is 5.95. The number of aromatic nitrogens is 2. The minimum Gasteiger partial charge on any atom is -0.374 e. The number of nitrogens with zero attached hydrogens (tertiary/aromatic N) is 2. The van der Waals surface area contributed by atoms with Crippen molar-refractivity contribution in [1.29, 1.82) is 0 Å². The molecule has 1 heterocycles. The second kappa shape index (κ2) is 8.00. The van der Waals surface area contributed by atoms with Crippen molar-refractivity contribution >= 4 is 11.5 Å². The van der Waals surface area contributed by atoms with Gasteiger partial charge in [-0.1, -0.05) is 45.4 Å². The van der Waals surface area contributed by atoms with E-state index in [0.29, 0.717) is 11.7 Å². The van der Waals surface area contributed by atoms with E-state index in [9.17, 15) is 10.1 Å². The third-order valence-corrected chi connectivity index (χ3v) is 4.23. The Hall–Kier alpha value is -1.59. The summed E-state index contributed by atoms with van der Waals surface area (Å²) in [5.74, 6) is -0.0499. The average Bonchev–Trinajstić information content (AvgIpc) is 2.88. The molecule has 0 unspecified atom stereocenters. The van der Waals surface area contributed by atoms with Crippen LogP contribution < -0.4 is 5.32 Å². The highest BCUT2D eigenvalue weighted by atomic mass is 16.6. The summed E-state index contributed by atoms with van der Waals surface area (Å²) in [6, 6.07) is 0.351. The SMILES string of the molecule is CCCCCCc1[nH]nc([N+](=O)[O-])c1NC1CCCCC1. The number of unbranched alkanes of at least 4 members (excludes halogenated alkanes) is 3. The van der Waals surface area contributed by atoms with Gasteiger partial charge in [0.25, 0.3) is 0 Å². The molecule has 1 aromatic rings. The maximum Gasteiger partial charge on any atom is 0.413 e. The molecule has 0 atom stereocenters. The summed E-state index contributed by atoms with van der Waals surface area (Å²) in [4.78, 5) is 10.7. The topological polar surface area (TPSA) is 83.8 Å². The number of aryl methyl sites for hydroxylation is 1. The van der Waals surface area contributed by atoms with Crippen molar-refractivity contribution in [2.45, 2.75) is 77.2 Å². The van der Waals surface area contributed by atoms with E-state index >= 15 is 0 Å².